The highest BCUT2D eigenvalue weighted by Crippen LogP contribution is 2.15. The van der Waals surface area contributed by atoms with Crippen molar-refractivity contribution in [2.45, 2.75) is 26.2 Å². The Hall–Kier alpha value is -1.42. The summed E-state index contributed by atoms with van der Waals surface area (Å²) >= 11 is 0. The first kappa shape index (κ1) is 14.0. The number of rotatable bonds is 5. The molecule has 0 saturated carbocycles. The van der Waals surface area contributed by atoms with Crippen LogP contribution < -0.4 is 5.32 Å². The molecule has 1 aliphatic rings. The van der Waals surface area contributed by atoms with Crippen molar-refractivity contribution in [3.63, 3.8) is 0 Å². The highest BCUT2D eigenvalue weighted by atomic mass is 16.2. The second kappa shape index (κ2) is 7.24. The molecule has 1 aromatic heterocycles. The Kier molecular flexibility index (Phi) is 5.33. The zero-order valence-corrected chi connectivity index (χ0v) is 11.6. The predicted molar refractivity (Wildman–Crippen MR) is 76.0 cm³/mol. The maximum Gasteiger partial charge on any atom is 0.255 e. The maximum absolute atomic E-state index is 12.5. The summed E-state index contributed by atoms with van der Waals surface area (Å²) in [5, 5.41) is 3.37. The number of carbonyl (C=O) groups is 1. The minimum Gasteiger partial charge on any atom is -0.338 e. The number of hydrogen-bond donors (Lipinski definition) is 1. The van der Waals surface area contributed by atoms with Gasteiger partial charge < -0.3 is 10.2 Å². The number of amides is 1. The van der Waals surface area contributed by atoms with E-state index in [-0.39, 0.29) is 5.91 Å². The summed E-state index contributed by atoms with van der Waals surface area (Å²) in [7, 11) is 0. The average Bonchev–Trinajstić information content (AvgIpc) is 2.48. The molecule has 4 nitrogen and oxygen atoms in total. The second-order valence-corrected chi connectivity index (χ2v) is 5.19. The molecule has 2 rings (SSSR count). The predicted octanol–water partition coefficient (Wildman–Crippen LogP) is 1.93. The van der Waals surface area contributed by atoms with Crippen LogP contribution >= 0.6 is 0 Å². The minimum absolute atomic E-state index is 0.119. The van der Waals surface area contributed by atoms with Gasteiger partial charge in [-0.15, -0.1) is 0 Å². The van der Waals surface area contributed by atoms with Gasteiger partial charge in [0.25, 0.3) is 5.91 Å². The van der Waals surface area contributed by atoms with Gasteiger partial charge in [0.1, 0.15) is 0 Å². The SMILES string of the molecule is CCCN(CC1CCNCC1)C(=O)c1cccnc1. The summed E-state index contributed by atoms with van der Waals surface area (Å²) in [6, 6.07) is 3.67. The molecule has 2 heterocycles. The molecule has 0 spiro atoms. The number of pyridine rings is 1. The zero-order valence-electron chi connectivity index (χ0n) is 11.6. The third-order valence-corrected chi connectivity index (χ3v) is 3.63. The van der Waals surface area contributed by atoms with Gasteiger partial charge in [-0.25, -0.2) is 0 Å². The van der Waals surface area contributed by atoms with Crippen molar-refractivity contribution in [2.75, 3.05) is 26.2 Å². The minimum atomic E-state index is 0.119. The van der Waals surface area contributed by atoms with E-state index >= 15 is 0 Å². The molecule has 0 aliphatic carbocycles. The Morgan fingerprint density at radius 2 is 2.26 bits per heavy atom. The van der Waals surface area contributed by atoms with E-state index in [2.05, 4.69) is 17.2 Å². The molecule has 1 aromatic rings. The molecule has 0 atom stereocenters. The summed E-state index contributed by atoms with van der Waals surface area (Å²) in [5.41, 5.74) is 0.699. The van der Waals surface area contributed by atoms with Crippen molar-refractivity contribution in [3.8, 4) is 0 Å². The van der Waals surface area contributed by atoms with Crippen molar-refractivity contribution in [1.29, 1.82) is 0 Å². The molecule has 0 radical (unpaired) electrons. The fourth-order valence-corrected chi connectivity index (χ4v) is 2.59. The highest BCUT2D eigenvalue weighted by molar-refractivity contribution is 5.93. The number of nitrogens with one attached hydrogen (secondary N) is 1. The van der Waals surface area contributed by atoms with Crippen LogP contribution in [0.2, 0.25) is 0 Å². The van der Waals surface area contributed by atoms with Crippen LogP contribution in [0.5, 0.6) is 0 Å². The molecule has 4 heteroatoms. The van der Waals surface area contributed by atoms with E-state index < -0.39 is 0 Å². The molecule has 1 aliphatic heterocycles. The van der Waals surface area contributed by atoms with Crippen LogP contribution in [0.1, 0.15) is 36.5 Å². The summed E-state index contributed by atoms with van der Waals surface area (Å²) in [6.45, 7) is 5.98. The van der Waals surface area contributed by atoms with E-state index in [4.69, 9.17) is 0 Å². The van der Waals surface area contributed by atoms with Crippen molar-refractivity contribution >= 4 is 5.91 Å². The molecule has 1 saturated heterocycles. The lowest BCUT2D eigenvalue weighted by Crippen LogP contribution is -2.39. The topological polar surface area (TPSA) is 45.2 Å². The number of piperidine rings is 1. The smallest absolute Gasteiger partial charge is 0.255 e. The molecule has 0 bridgehead atoms. The standard InChI is InChI=1S/C15H23N3O/c1-2-10-18(12-13-5-8-16-9-6-13)15(19)14-4-3-7-17-11-14/h3-4,7,11,13,16H,2,5-6,8-10,12H2,1H3. The number of hydrogen-bond acceptors (Lipinski definition) is 3. The van der Waals surface area contributed by atoms with E-state index in [0.29, 0.717) is 11.5 Å². The summed E-state index contributed by atoms with van der Waals surface area (Å²) in [4.78, 5) is 18.5. The normalized spacial score (nSPS) is 16.3. The lowest BCUT2D eigenvalue weighted by molar-refractivity contribution is 0.0716. The first-order valence-corrected chi connectivity index (χ1v) is 7.21. The lowest BCUT2D eigenvalue weighted by atomic mass is 9.97. The Morgan fingerprint density at radius 1 is 1.47 bits per heavy atom. The third kappa shape index (κ3) is 4.03. The van der Waals surface area contributed by atoms with Gasteiger partial charge in [0.2, 0.25) is 0 Å². The Balaban J connectivity index is 2.00. The quantitative estimate of drug-likeness (QED) is 0.881. The van der Waals surface area contributed by atoms with Gasteiger partial charge in [0.05, 0.1) is 5.56 Å². The molecule has 104 valence electrons. The molecule has 19 heavy (non-hydrogen) atoms. The van der Waals surface area contributed by atoms with Crippen LogP contribution in [0.4, 0.5) is 0 Å². The van der Waals surface area contributed by atoms with Gasteiger partial charge >= 0.3 is 0 Å². The first-order chi connectivity index (χ1) is 9.31. The Morgan fingerprint density at radius 3 is 2.89 bits per heavy atom. The molecule has 0 aromatic carbocycles. The molecule has 1 N–H and O–H groups in total. The number of carbonyl (C=O) groups excluding carboxylic acids is 1. The van der Waals surface area contributed by atoms with E-state index in [1.165, 1.54) is 12.8 Å². The van der Waals surface area contributed by atoms with Gasteiger partial charge in [-0.05, 0) is 50.4 Å². The summed E-state index contributed by atoms with van der Waals surface area (Å²) in [6.07, 6.45) is 6.69. The van der Waals surface area contributed by atoms with Crippen molar-refractivity contribution < 1.29 is 4.79 Å². The molecular weight excluding hydrogens is 238 g/mol. The molecule has 1 fully saturated rings. The zero-order chi connectivity index (χ0) is 13.5. The Bertz CT molecular complexity index is 388. The van der Waals surface area contributed by atoms with Gasteiger partial charge in [-0.2, -0.15) is 0 Å². The van der Waals surface area contributed by atoms with Crippen LogP contribution in [-0.4, -0.2) is 42.0 Å². The van der Waals surface area contributed by atoms with E-state index in [1.807, 2.05) is 17.0 Å². The van der Waals surface area contributed by atoms with Crippen LogP contribution in [-0.2, 0) is 0 Å². The Labute approximate surface area is 115 Å². The van der Waals surface area contributed by atoms with Crippen LogP contribution in [0, 0.1) is 5.92 Å². The summed E-state index contributed by atoms with van der Waals surface area (Å²) < 4.78 is 0. The fourth-order valence-electron chi connectivity index (χ4n) is 2.59. The van der Waals surface area contributed by atoms with E-state index in [9.17, 15) is 4.79 Å². The molecule has 1 amide bonds. The van der Waals surface area contributed by atoms with Gasteiger partial charge in [-0.1, -0.05) is 6.92 Å². The number of aromatic nitrogens is 1. The molecular formula is C15H23N3O. The van der Waals surface area contributed by atoms with Crippen LogP contribution in [0.25, 0.3) is 0 Å². The van der Waals surface area contributed by atoms with Gasteiger partial charge in [0, 0.05) is 25.5 Å². The highest BCUT2D eigenvalue weighted by Gasteiger charge is 2.21. The van der Waals surface area contributed by atoms with Crippen molar-refractivity contribution in [2.24, 2.45) is 5.92 Å². The van der Waals surface area contributed by atoms with Crippen molar-refractivity contribution in [3.05, 3.63) is 30.1 Å². The van der Waals surface area contributed by atoms with E-state index in [1.54, 1.807) is 12.4 Å². The van der Waals surface area contributed by atoms with Gasteiger partial charge in [-0.3, -0.25) is 9.78 Å². The lowest BCUT2D eigenvalue weighted by Gasteiger charge is -2.30. The average molecular weight is 261 g/mol. The first-order valence-electron chi connectivity index (χ1n) is 7.21. The van der Waals surface area contributed by atoms with Crippen LogP contribution in [0.3, 0.4) is 0 Å². The monoisotopic (exact) mass is 261 g/mol. The largest absolute Gasteiger partial charge is 0.338 e. The second-order valence-electron chi connectivity index (χ2n) is 5.19. The van der Waals surface area contributed by atoms with Crippen molar-refractivity contribution in [1.82, 2.24) is 15.2 Å². The third-order valence-electron chi connectivity index (χ3n) is 3.63. The molecule has 0 unspecified atom stereocenters. The summed E-state index contributed by atoms with van der Waals surface area (Å²) in [5.74, 6) is 0.752. The van der Waals surface area contributed by atoms with Crippen LogP contribution in [0.15, 0.2) is 24.5 Å². The fraction of sp³-hybridized carbons (Fsp3) is 0.600. The number of nitrogens with zero attached hydrogens (tertiary/aromatic N) is 2. The maximum atomic E-state index is 12.5. The van der Waals surface area contributed by atoms with Gasteiger partial charge in [0.15, 0.2) is 0 Å². The van der Waals surface area contributed by atoms with E-state index in [0.717, 1.165) is 32.6 Å².